The number of para-hydroxylation sites is 1. The maximum absolute atomic E-state index is 13.7. The molecule has 3 aromatic carbocycles. The Bertz CT molecular complexity index is 1400. The fourth-order valence-electron chi connectivity index (χ4n) is 4.91. The third kappa shape index (κ3) is 6.93. The van der Waals surface area contributed by atoms with Gasteiger partial charge in [-0.1, -0.05) is 60.7 Å². The summed E-state index contributed by atoms with van der Waals surface area (Å²) in [5.41, 5.74) is 1.77. The van der Waals surface area contributed by atoms with Crippen LogP contribution in [0.3, 0.4) is 0 Å². The second-order valence-corrected chi connectivity index (χ2v) is 9.86. The highest BCUT2D eigenvalue weighted by atomic mass is 16.8. The number of carbonyl (C=O) groups excluding carboxylic acids is 1. The van der Waals surface area contributed by atoms with Gasteiger partial charge in [-0.2, -0.15) is 0 Å². The van der Waals surface area contributed by atoms with Gasteiger partial charge >= 0.3 is 23.7 Å². The average molecular weight is 578 g/mol. The second kappa shape index (κ2) is 13.3. The standard InChI is InChI=1S/C31H31NO10/c1-20(32(18-27(33)34)29(37)31(30(38)39)40-19-26(42-31)28(35)36)25(17-12-21-8-4-2-5-9-21)22-13-15-24(16-14-22)41-23-10-6-3-7-11-23/h2-11,13-16,20,25-26H,12,17-19H2,1H3,(H,33,34)(H,35,36)(H,38,39)/t20-,25+,26-,31+/m1/s1. The van der Waals surface area contributed by atoms with Gasteiger partial charge < -0.3 is 34.4 Å². The lowest BCUT2D eigenvalue weighted by atomic mass is 9.85. The largest absolute Gasteiger partial charge is 0.480 e. The Morgan fingerprint density at radius 3 is 2.05 bits per heavy atom. The van der Waals surface area contributed by atoms with Crippen molar-refractivity contribution in [3.05, 3.63) is 96.1 Å². The Labute approximate surface area is 241 Å². The summed E-state index contributed by atoms with van der Waals surface area (Å²) in [7, 11) is 0. The van der Waals surface area contributed by atoms with E-state index >= 15 is 0 Å². The first kappa shape index (κ1) is 30.2. The van der Waals surface area contributed by atoms with Crippen LogP contribution in [0.1, 0.15) is 30.4 Å². The van der Waals surface area contributed by atoms with E-state index in [-0.39, 0.29) is 0 Å². The number of hydrogen-bond acceptors (Lipinski definition) is 7. The molecular formula is C31H31NO10. The zero-order valence-corrected chi connectivity index (χ0v) is 22.8. The van der Waals surface area contributed by atoms with Gasteiger partial charge in [0, 0.05) is 12.0 Å². The van der Waals surface area contributed by atoms with E-state index in [1.165, 1.54) is 0 Å². The third-order valence-electron chi connectivity index (χ3n) is 7.10. The number of amides is 1. The number of ether oxygens (including phenoxy) is 3. The first-order valence-electron chi connectivity index (χ1n) is 13.3. The van der Waals surface area contributed by atoms with E-state index in [0.29, 0.717) is 24.3 Å². The summed E-state index contributed by atoms with van der Waals surface area (Å²) in [5, 5.41) is 28.9. The van der Waals surface area contributed by atoms with Crippen LogP contribution in [-0.4, -0.2) is 75.1 Å². The smallest absolute Gasteiger partial charge is 0.375 e. The molecule has 1 fully saturated rings. The minimum Gasteiger partial charge on any atom is -0.480 e. The van der Waals surface area contributed by atoms with Gasteiger partial charge in [-0.25, -0.2) is 9.59 Å². The summed E-state index contributed by atoms with van der Waals surface area (Å²) >= 11 is 0. The Kier molecular flexibility index (Phi) is 9.56. The number of aliphatic carboxylic acids is 3. The predicted molar refractivity (Wildman–Crippen MR) is 148 cm³/mol. The van der Waals surface area contributed by atoms with Crippen molar-refractivity contribution in [1.82, 2.24) is 4.90 Å². The predicted octanol–water partition coefficient (Wildman–Crippen LogP) is 3.78. The van der Waals surface area contributed by atoms with Crippen molar-refractivity contribution < 1.29 is 48.7 Å². The number of hydrogen-bond donors (Lipinski definition) is 3. The van der Waals surface area contributed by atoms with E-state index < -0.39 is 60.8 Å². The molecule has 1 aliphatic heterocycles. The van der Waals surface area contributed by atoms with Gasteiger partial charge in [0.15, 0.2) is 6.10 Å². The van der Waals surface area contributed by atoms with Gasteiger partial charge in [-0.05, 0) is 55.2 Å². The first-order chi connectivity index (χ1) is 20.1. The molecule has 0 aromatic heterocycles. The highest BCUT2D eigenvalue weighted by molar-refractivity contribution is 6.05. The third-order valence-corrected chi connectivity index (χ3v) is 7.10. The van der Waals surface area contributed by atoms with Crippen LogP contribution in [0.5, 0.6) is 11.5 Å². The molecule has 0 saturated carbocycles. The van der Waals surface area contributed by atoms with Crippen molar-refractivity contribution in [2.45, 2.75) is 43.6 Å². The molecule has 3 aromatic rings. The molecule has 11 nitrogen and oxygen atoms in total. The molecule has 1 heterocycles. The monoisotopic (exact) mass is 577 g/mol. The van der Waals surface area contributed by atoms with E-state index in [1.807, 2.05) is 72.8 Å². The summed E-state index contributed by atoms with van der Waals surface area (Å²) in [6.07, 6.45) is -0.670. The number of aryl methyl sites for hydroxylation is 1. The quantitative estimate of drug-likeness (QED) is 0.255. The van der Waals surface area contributed by atoms with Crippen molar-refractivity contribution in [2.75, 3.05) is 13.2 Å². The molecule has 42 heavy (non-hydrogen) atoms. The van der Waals surface area contributed by atoms with Gasteiger partial charge in [0.2, 0.25) is 0 Å². The van der Waals surface area contributed by atoms with Crippen molar-refractivity contribution in [3.8, 4) is 11.5 Å². The molecule has 4 rings (SSSR count). The molecule has 4 atom stereocenters. The first-order valence-corrected chi connectivity index (χ1v) is 13.3. The summed E-state index contributed by atoms with van der Waals surface area (Å²) in [6.45, 7) is 0.0591. The van der Waals surface area contributed by atoms with E-state index in [2.05, 4.69) is 0 Å². The van der Waals surface area contributed by atoms with Crippen molar-refractivity contribution in [3.63, 3.8) is 0 Å². The van der Waals surface area contributed by atoms with Crippen LogP contribution in [0.25, 0.3) is 0 Å². The maximum atomic E-state index is 13.7. The van der Waals surface area contributed by atoms with Gasteiger partial charge in [0.1, 0.15) is 18.0 Å². The van der Waals surface area contributed by atoms with Crippen LogP contribution in [0.2, 0.25) is 0 Å². The second-order valence-electron chi connectivity index (χ2n) is 9.86. The van der Waals surface area contributed by atoms with Crippen LogP contribution in [0, 0.1) is 0 Å². The number of carbonyl (C=O) groups is 4. The molecular weight excluding hydrogens is 546 g/mol. The molecule has 3 N–H and O–H groups in total. The van der Waals surface area contributed by atoms with Gasteiger partial charge in [-0.3, -0.25) is 9.59 Å². The molecule has 1 saturated heterocycles. The highest BCUT2D eigenvalue weighted by Gasteiger charge is 2.59. The van der Waals surface area contributed by atoms with Gasteiger partial charge in [0.05, 0.1) is 6.61 Å². The zero-order chi connectivity index (χ0) is 30.3. The zero-order valence-electron chi connectivity index (χ0n) is 22.8. The van der Waals surface area contributed by atoms with Crippen LogP contribution in [0.15, 0.2) is 84.9 Å². The maximum Gasteiger partial charge on any atom is 0.375 e. The lowest BCUT2D eigenvalue weighted by Gasteiger charge is -2.37. The van der Waals surface area contributed by atoms with Gasteiger partial charge in [-0.15, -0.1) is 0 Å². The summed E-state index contributed by atoms with van der Waals surface area (Å²) < 4.78 is 16.1. The van der Waals surface area contributed by atoms with E-state index in [9.17, 15) is 34.5 Å². The molecule has 0 radical (unpaired) electrons. The molecule has 0 spiro atoms. The Morgan fingerprint density at radius 2 is 1.50 bits per heavy atom. The molecule has 1 aliphatic rings. The van der Waals surface area contributed by atoms with Crippen LogP contribution in [0.4, 0.5) is 0 Å². The van der Waals surface area contributed by atoms with E-state index in [4.69, 9.17) is 14.2 Å². The number of benzene rings is 3. The Balaban J connectivity index is 1.67. The van der Waals surface area contributed by atoms with Crippen LogP contribution >= 0.6 is 0 Å². The Hall–Kier alpha value is -4.74. The fourth-order valence-corrected chi connectivity index (χ4v) is 4.91. The lowest BCUT2D eigenvalue weighted by Crippen LogP contribution is -2.59. The molecule has 220 valence electrons. The number of carboxylic acids is 3. The van der Waals surface area contributed by atoms with Crippen LogP contribution in [-0.2, 0) is 35.1 Å². The van der Waals surface area contributed by atoms with Crippen molar-refractivity contribution >= 4 is 23.8 Å². The number of carboxylic acid groups (broad SMARTS) is 3. The SMILES string of the molecule is C[C@H]([C@H](CCc1ccccc1)c1ccc(Oc2ccccc2)cc1)N(CC(=O)O)C(=O)[C@]1(C(=O)O)OC[C@H](C(=O)O)O1. The molecule has 1 amide bonds. The molecule has 11 heteroatoms. The van der Waals surface area contributed by atoms with E-state index in [0.717, 1.165) is 16.0 Å². The van der Waals surface area contributed by atoms with Crippen LogP contribution < -0.4 is 4.74 Å². The minimum atomic E-state index is -3.00. The molecule has 0 bridgehead atoms. The Morgan fingerprint density at radius 1 is 0.905 bits per heavy atom. The lowest BCUT2D eigenvalue weighted by molar-refractivity contribution is -0.216. The summed E-state index contributed by atoms with van der Waals surface area (Å²) in [4.78, 5) is 50.2. The average Bonchev–Trinajstić information content (AvgIpc) is 3.45. The molecule has 0 unspecified atom stereocenters. The normalized spacial score (nSPS) is 19.4. The van der Waals surface area contributed by atoms with Crippen molar-refractivity contribution in [1.29, 1.82) is 0 Å². The van der Waals surface area contributed by atoms with Crippen molar-refractivity contribution in [2.24, 2.45) is 0 Å². The van der Waals surface area contributed by atoms with Gasteiger partial charge in [0.25, 0.3) is 5.91 Å². The highest BCUT2D eigenvalue weighted by Crippen LogP contribution is 2.34. The fraction of sp³-hybridized carbons (Fsp3) is 0.290. The number of nitrogens with zero attached hydrogens (tertiary/aromatic N) is 1. The topological polar surface area (TPSA) is 160 Å². The number of rotatable bonds is 13. The molecule has 0 aliphatic carbocycles. The minimum absolute atomic E-state index is 0.465. The summed E-state index contributed by atoms with van der Waals surface area (Å²) in [5.74, 6) is -8.34. The van der Waals surface area contributed by atoms with E-state index in [1.54, 1.807) is 19.1 Å². The summed E-state index contributed by atoms with van der Waals surface area (Å²) in [6, 6.07) is 25.0.